The number of carbonyl (C=O) groups excluding carboxylic acids is 1. The normalized spacial score (nSPS) is 17.8. The first kappa shape index (κ1) is 20.3. The van der Waals surface area contributed by atoms with Crippen molar-refractivity contribution in [3.63, 3.8) is 0 Å². The molecule has 1 aromatic heterocycles. The zero-order valence-electron chi connectivity index (χ0n) is 15.3. The van der Waals surface area contributed by atoms with Crippen molar-refractivity contribution >= 4 is 18.3 Å². The molecular weight excluding hydrogens is 352 g/mol. The minimum Gasteiger partial charge on any atom is -0.491 e. The van der Waals surface area contributed by atoms with Crippen molar-refractivity contribution in [2.24, 2.45) is 0 Å². The Morgan fingerprint density at radius 3 is 3.04 bits per heavy atom. The monoisotopic (exact) mass is 378 g/mol. The van der Waals surface area contributed by atoms with Crippen LogP contribution in [0.5, 0.6) is 5.75 Å². The van der Waals surface area contributed by atoms with E-state index in [1.54, 1.807) is 6.07 Å². The molecule has 2 unspecified atom stereocenters. The molecule has 7 heteroatoms. The van der Waals surface area contributed by atoms with Crippen molar-refractivity contribution in [3.05, 3.63) is 47.8 Å². The summed E-state index contributed by atoms with van der Waals surface area (Å²) in [5.74, 6) is 0.651. The number of ether oxygens (including phenoxy) is 1. The highest BCUT2D eigenvalue weighted by Gasteiger charge is 2.18. The van der Waals surface area contributed by atoms with Crippen LogP contribution < -0.4 is 15.4 Å². The lowest BCUT2D eigenvalue weighted by molar-refractivity contribution is 0.0920. The van der Waals surface area contributed by atoms with Gasteiger partial charge in [0.15, 0.2) is 0 Å². The van der Waals surface area contributed by atoms with Gasteiger partial charge in [-0.15, -0.1) is 12.4 Å². The van der Waals surface area contributed by atoms with Crippen LogP contribution in [-0.2, 0) is 0 Å². The predicted octanol–water partition coefficient (Wildman–Crippen LogP) is 2.74. The third kappa shape index (κ3) is 5.47. The lowest BCUT2D eigenvalue weighted by atomic mass is 10.1. The minimum atomic E-state index is -0.164. The molecule has 1 amide bonds. The fourth-order valence-electron chi connectivity index (χ4n) is 2.99. The number of hydrogen-bond acceptors (Lipinski definition) is 4. The number of nitrogens with one attached hydrogen (secondary N) is 2. The Morgan fingerprint density at radius 1 is 1.46 bits per heavy atom. The Labute approximate surface area is 160 Å². The molecular formula is C19H27ClN4O2. The van der Waals surface area contributed by atoms with E-state index in [1.807, 2.05) is 49.0 Å². The SMILES string of the molecule is Cc1cccc(OCC(C)NC(=O)c2ccn(C3CCCNC3)n2)c1.Cl. The number of aryl methyl sites for hydroxylation is 1. The van der Waals surface area contributed by atoms with Crippen LogP contribution in [-0.4, -0.2) is 41.4 Å². The van der Waals surface area contributed by atoms with Crippen molar-refractivity contribution in [2.75, 3.05) is 19.7 Å². The first-order valence-corrected chi connectivity index (χ1v) is 8.88. The Balaban J connectivity index is 0.00000243. The van der Waals surface area contributed by atoms with Crippen LogP contribution in [0.3, 0.4) is 0 Å². The van der Waals surface area contributed by atoms with Gasteiger partial charge in [0.05, 0.1) is 12.1 Å². The molecule has 1 saturated heterocycles. The fourth-order valence-corrected chi connectivity index (χ4v) is 2.99. The number of carbonyl (C=O) groups is 1. The molecule has 2 aromatic rings. The molecule has 1 aliphatic rings. The molecule has 0 radical (unpaired) electrons. The molecule has 2 N–H and O–H groups in total. The van der Waals surface area contributed by atoms with Gasteiger partial charge in [-0.3, -0.25) is 9.48 Å². The Morgan fingerprint density at radius 2 is 2.31 bits per heavy atom. The van der Waals surface area contributed by atoms with Gasteiger partial charge in [0.25, 0.3) is 5.91 Å². The molecule has 1 aliphatic heterocycles. The summed E-state index contributed by atoms with van der Waals surface area (Å²) in [6, 6.07) is 9.89. The zero-order chi connectivity index (χ0) is 17.6. The summed E-state index contributed by atoms with van der Waals surface area (Å²) in [7, 11) is 0. The summed E-state index contributed by atoms with van der Waals surface area (Å²) in [6.07, 6.45) is 4.12. The average Bonchev–Trinajstić information content (AvgIpc) is 3.11. The highest BCUT2D eigenvalue weighted by atomic mass is 35.5. The number of rotatable bonds is 6. The molecule has 142 valence electrons. The van der Waals surface area contributed by atoms with Gasteiger partial charge in [0.2, 0.25) is 0 Å². The number of aromatic nitrogens is 2. The second-order valence-electron chi connectivity index (χ2n) is 6.68. The Kier molecular flexibility index (Phi) is 7.48. The van der Waals surface area contributed by atoms with Gasteiger partial charge in [-0.1, -0.05) is 12.1 Å². The molecule has 26 heavy (non-hydrogen) atoms. The summed E-state index contributed by atoms with van der Waals surface area (Å²) in [5, 5.41) is 10.7. The van der Waals surface area contributed by atoms with Crippen LogP contribution in [0.25, 0.3) is 0 Å². The maximum Gasteiger partial charge on any atom is 0.272 e. The molecule has 0 saturated carbocycles. The van der Waals surface area contributed by atoms with Gasteiger partial charge in [0, 0.05) is 12.7 Å². The summed E-state index contributed by atoms with van der Waals surface area (Å²) >= 11 is 0. The van der Waals surface area contributed by atoms with Crippen molar-refractivity contribution < 1.29 is 9.53 Å². The maximum absolute atomic E-state index is 12.4. The molecule has 6 nitrogen and oxygen atoms in total. The second kappa shape index (κ2) is 9.59. The number of hydrogen-bond donors (Lipinski definition) is 2. The third-order valence-corrected chi connectivity index (χ3v) is 4.35. The Bertz CT molecular complexity index is 713. The van der Waals surface area contributed by atoms with Crippen molar-refractivity contribution in [3.8, 4) is 5.75 Å². The number of piperidine rings is 1. The van der Waals surface area contributed by atoms with E-state index >= 15 is 0 Å². The Hall–Kier alpha value is -2.05. The number of benzene rings is 1. The van der Waals surface area contributed by atoms with E-state index in [0.29, 0.717) is 18.3 Å². The molecule has 1 aromatic carbocycles. The quantitative estimate of drug-likeness (QED) is 0.811. The lowest BCUT2D eigenvalue weighted by Gasteiger charge is -2.22. The standard InChI is InChI=1S/C19H26N4O2.ClH/c1-14-5-3-7-17(11-14)25-13-15(2)21-19(24)18-8-10-23(22-18)16-6-4-9-20-12-16;/h3,5,7-8,10-11,15-16,20H,4,6,9,12-13H2,1-2H3,(H,21,24);1H. The van der Waals surface area contributed by atoms with E-state index in [2.05, 4.69) is 15.7 Å². The van der Waals surface area contributed by atoms with E-state index in [9.17, 15) is 4.79 Å². The van der Waals surface area contributed by atoms with Gasteiger partial charge in [-0.25, -0.2) is 0 Å². The average molecular weight is 379 g/mol. The van der Waals surface area contributed by atoms with Crippen molar-refractivity contribution in [2.45, 2.75) is 38.8 Å². The van der Waals surface area contributed by atoms with Crippen molar-refractivity contribution in [1.82, 2.24) is 20.4 Å². The highest BCUT2D eigenvalue weighted by Crippen LogP contribution is 2.16. The van der Waals surface area contributed by atoms with Crippen LogP contribution >= 0.6 is 12.4 Å². The van der Waals surface area contributed by atoms with Gasteiger partial charge in [-0.05, 0) is 57.0 Å². The molecule has 3 rings (SSSR count). The molecule has 0 spiro atoms. The maximum atomic E-state index is 12.4. The summed E-state index contributed by atoms with van der Waals surface area (Å²) in [4.78, 5) is 12.4. The van der Waals surface area contributed by atoms with Gasteiger partial charge in [-0.2, -0.15) is 5.10 Å². The summed E-state index contributed by atoms with van der Waals surface area (Å²) < 4.78 is 7.63. The van der Waals surface area contributed by atoms with Gasteiger partial charge >= 0.3 is 0 Å². The predicted molar refractivity (Wildman–Crippen MR) is 104 cm³/mol. The lowest BCUT2D eigenvalue weighted by Crippen LogP contribution is -2.37. The number of nitrogens with zero attached hydrogens (tertiary/aromatic N) is 2. The van der Waals surface area contributed by atoms with Crippen LogP contribution in [0.1, 0.15) is 41.9 Å². The van der Waals surface area contributed by atoms with Crippen LogP contribution in [0.2, 0.25) is 0 Å². The summed E-state index contributed by atoms with van der Waals surface area (Å²) in [6.45, 7) is 6.33. The van der Waals surface area contributed by atoms with E-state index in [-0.39, 0.29) is 24.4 Å². The summed E-state index contributed by atoms with van der Waals surface area (Å²) in [5.41, 5.74) is 1.60. The van der Waals surface area contributed by atoms with Crippen LogP contribution in [0.15, 0.2) is 36.5 Å². The second-order valence-corrected chi connectivity index (χ2v) is 6.68. The van der Waals surface area contributed by atoms with Gasteiger partial charge < -0.3 is 15.4 Å². The third-order valence-electron chi connectivity index (χ3n) is 4.35. The first-order chi connectivity index (χ1) is 12.1. The van der Waals surface area contributed by atoms with E-state index in [1.165, 1.54) is 0 Å². The van der Waals surface area contributed by atoms with E-state index < -0.39 is 0 Å². The smallest absolute Gasteiger partial charge is 0.272 e. The number of halogens is 1. The molecule has 2 heterocycles. The zero-order valence-corrected chi connectivity index (χ0v) is 16.1. The number of amides is 1. The van der Waals surface area contributed by atoms with Crippen LogP contribution in [0, 0.1) is 6.92 Å². The van der Waals surface area contributed by atoms with E-state index in [4.69, 9.17) is 4.74 Å². The van der Waals surface area contributed by atoms with Gasteiger partial charge in [0.1, 0.15) is 18.1 Å². The minimum absolute atomic E-state index is 0. The topological polar surface area (TPSA) is 68.2 Å². The molecule has 0 aliphatic carbocycles. The van der Waals surface area contributed by atoms with Crippen LogP contribution in [0.4, 0.5) is 0 Å². The fraction of sp³-hybridized carbons (Fsp3) is 0.474. The van der Waals surface area contributed by atoms with Crippen molar-refractivity contribution in [1.29, 1.82) is 0 Å². The molecule has 2 atom stereocenters. The first-order valence-electron chi connectivity index (χ1n) is 8.88. The molecule has 0 bridgehead atoms. The molecule has 1 fully saturated rings. The largest absolute Gasteiger partial charge is 0.491 e. The highest BCUT2D eigenvalue weighted by molar-refractivity contribution is 5.92. The van der Waals surface area contributed by atoms with E-state index in [0.717, 1.165) is 37.2 Å².